The molecule has 3 rings (SSSR count). The molecule has 3 atom stereocenters. The molecule has 0 spiro atoms. The number of likely N-dealkylation sites (N-methyl/N-ethyl adjacent to an activating group) is 1. The molecule has 2 aliphatic rings. The van der Waals surface area contributed by atoms with Crippen molar-refractivity contribution in [2.45, 2.75) is 31.3 Å². The zero-order chi connectivity index (χ0) is 11.7. The van der Waals surface area contributed by atoms with Gasteiger partial charge < -0.3 is 5.32 Å². The molecule has 1 aromatic heterocycles. The largest absolute Gasteiger partial charge is 0.312 e. The second-order valence-electron chi connectivity index (χ2n) is 5.36. The third-order valence-corrected chi connectivity index (χ3v) is 4.37. The average Bonchev–Trinajstić information content (AvgIpc) is 2.74. The lowest BCUT2D eigenvalue weighted by Crippen LogP contribution is -2.34. The molecule has 92 valence electrons. The van der Waals surface area contributed by atoms with Crippen LogP contribution >= 0.6 is 0 Å². The number of rotatable bonds is 1. The Morgan fingerprint density at radius 1 is 1.29 bits per heavy atom. The first kappa shape index (κ1) is 11.2. The van der Waals surface area contributed by atoms with Crippen LogP contribution in [0.2, 0.25) is 0 Å². The summed E-state index contributed by atoms with van der Waals surface area (Å²) in [4.78, 5) is 6.65. The van der Waals surface area contributed by atoms with Crippen molar-refractivity contribution in [1.29, 1.82) is 0 Å². The number of aromatic nitrogens is 1. The predicted molar refractivity (Wildman–Crippen MR) is 68.7 cm³/mol. The third-order valence-electron chi connectivity index (χ3n) is 4.37. The van der Waals surface area contributed by atoms with Crippen LogP contribution in [0.3, 0.4) is 0 Å². The summed E-state index contributed by atoms with van der Waals surface area (Å²) in [7, 11) is 2.26. The van der Waals surface area contributed by atoms with E-state index in [1.807, 2.05) is 12.4 Å². The number of pyridine rings is 1. The van der Waals surface area contributed by atoms with E-state index in [2.05, 4.69) is 34.4 Å². The molecule has 1 aliphatic heterocycles. The lowest BCUT2D eigenvalue weighted by Gasteiger charge is -2.32. The summed E-state index contributed by atoms with van der Waals surface area (Å²) in [6, 6.07) is 5.66. The van der Waals surface area contributed by atoms with Crippen LogP contribution in [-0.4, -0.2) is 36.1 Å². The van der Waals surface area contributed by atoms with Gasteiger partial charge in [-0.1, -0.05) is 6.42 Å². The Labute approximate surface area is 103 Å². The zero-order valence-electron chi connectivity index (χ0n) is 10.5. The van der Waals surface area contributed by atoms with Gasteiger partial charge in [0.1, 0.15) is 0 Å². The molecule has 17 heavy (non-hydrogen) atoms. The van der Waals surface area contributed by atoms with Gasteiger partial charge in [-0.3, -0.25) is 9.88 Å². The quantitative estimate of drug-likeness (QED) is 0.799. The number of nitrogens with one attached hydrogen (secondary N) is 1. The van der Waals surface area contributed by atoms with Crippen molar-refractivity contribution in [1.82, 2.24) is 15.2 Å². The fourth-order valence-electron chi connectivity index (χ4n) is 3.57. The van der Waals surface area contributed by atoms with Crippen molar-refractivity contribution in [3.05, 3.63) is 30.1 Å². The standard InChI is InChI=1S/C14H21N3/c1-17-10-9-16-13-4-2-3-12(13)14(17)11-5-7-15-8-6-11/h5-8,12-14,16H,2-4,9-10H2,1H3/t12-,13?,14+/m1/s1. The van der Waals surface area contributed by atoms with Gasteiger partial charge in [0, 0.05) is 37.6 Å². The second kappa shape index (κ2) is 4.75. The van der Waals surface area contributed by atoms with E-state index in [0.29, 0.717) is 6.04 Å². The van der Waals surface area contributed by atoms with E-state index < -0.39 is 0 Å². The summed E-state index contributed by atoms with van der Waals surface area (Å²) in [6.07, 6.45) is 7.92. The zero-order valence-corrected chi connectivity index (χ0v) is 10.5. The summed E-state index contributed by atoms with van der Waals surface area (Å²) in [5, 5.41) is 3.72. The molecule has 1 N–H and O–H groups in total. The first-order chi connectivity index (χ1) is 8.36. The Morgan fingerprint density at radius 3 is 2.94 bits per heavy atom. The van der Waals surface area contributed by atoms with E-state index in [9.17, 15) is 0 Å². The fraction of sp³-hybridized carbons (Fsp3) is 0.643. The molecule has 1 unspecified atom stereocenters. The van der Waals surface area contributed by atoms with Gasteiger partial charge in [-0.15, -0.1) is 0 Å². The smallest absolute Gasteiger partial charge is 0.0389 e. The maximum atomic E-state index is 4.14. The van der Waals surface area contributed by atoms with Crippen LogP contribution in [0.5, 0.6) is 0 Å². The molecular weight excluding hydrogens is 210 g/mol. The molecule has 1 aromatic rings. The van der Waals surface area contributed by atoms with Crippen molar-refractivity contribution >= 4 is 0 Å². The Bertz CT molecular complexity index is 365. The minimum Gasteiger partial charge on any atom is -0.312 e. The number of nitrogens with zero attached hydrogens (tertiary/aromatic N) is 2. The molecular formula is C14H21N3. The molecule has 1 saturated heterocycles. The Balaban J connectivity index is 1.93. The van der Waals surface area contributed by atoms with Gasteiger partial charge in [0.05, 0.1) is 0 Å². The second-order valence-corrected chi connectivity index (χ2v) is 5.36. The summed E-state index contributed by atoms with van der Waals surface area (Å²) in [5.41, 5.74) is 1.43. The van der Waals surface area contributed by atoms with E-state index in [1.165, 1.54) is 24.8 Å². The van der Waals surface area contributed by atoms with Crippen LogP contribution in [0.25, 0.3) is 0 Å². The highest BCUT2D eigenvalue weighted by Gasteiger charge is 2.37. The van der Waals surface area contributed by atoms with Crippen molar-refractivity contribution < 1.29 is 0 Å². The number of fused-ring (bicyclic) bond motifs is 1. The Kier molecular flexibility index (Phi) is 3.12. The molecule has 1 aliphatic carbocycles. The van der Waals surface area contributed by atoms with Crippen LogP contribution in [0, 0.1) is 5.92 Å². The normalized spacial score (nSPS) is 34.3. The highest BCUT2D eigenvalue weighted by molar-refractivity contribution is 5.18. The molecule has 3 heteroatoms. The van der Waals surface area contributed by atoms with Crippen molar-refractivity contribution in [3.8, 4) is 0 Å². The van der Waals surface area contributed by atoms with Gasteiger partial charge in [0.2, 0.25) is 0 Å². The Morgan fingerprint density at radius 2 is 2.12 bits per heavy atom. The van der Waals surface area contributed by atoms with Gasteiger partial charge >= 0.3 is 0 Å². The van der Waals surface area contributed by atoms with Gasteiger partial charge in [0.15, 0.2) is 0 Å². The van der Waals surface area contributed by atoms with Crippen molar-refractivity contribution in [2.75, 3.05) is 20.1 Å². The van der Waals surface area contributed by atoms with E-state index in [1.54, 1.807) is 0 Å². The summed E-state index contributed by atoms with van der Waals surface area (Å²) in [6.45, 7) is 2.26. The third kappa shape index (κ3) is 2.09. The summed E-state index contributed by atoms with van der Waals surface area (Å²) < 4.78 is 0. The van der Waals surface area contributed by atoms with Crippen LogP contribution < -0.4 is 5.32 Å². The van der Waals surface area contributed by atoms with E-state index in [0.717, 1.165) is 25.0 Å². The molecule has 2 heterocycles. The van der Waals surface area contributed by atoms with Crippen LogP contribution in [-0.2, 0) is 0 Å². The van der Waals surface area contributed by atoms with Crippen molar-refractivity contribution in [2.24, 2.45) is 5.92 Å². The fourth-order valence-corrected chi connectivity index (χ4v) is 3.57. The first-order valence-corrected chi connectivity index (χ1v) is 6.70. The minimum absolute atomic E-state index is 0.570. The predicted octanol–water partition coefficient (Wildman–Crippen LogP) is 1.83. The summed E-state index contributed by atoms with van der Waals surface area (Å²) >= 11 is 0. The number of hydrogen-bond donors (Lipinski definition) is 1. The minimum atomic E-state index is 0.570. The highest BCUT2D eigenvalue weighted by Crippen LogP contribution is 2.40. The molecule has 3 nitrogen and oxygen atoms in total. The van der Waals surface area contributed by atoms with Gasteiger partial charge in [-0.05, 0) is 43.5 Å². The van der Waals surface area contributed by atoms with Crippen molar-refractivity contribution in [3.63, 3.8) is 0 Å². The maximum Gasteiger partial charge on any atom is 0.0389 e. The SMILES string of the molecule is CN1CCNC2CCC[C@H]2[C@@H]1c1ccncc1. The average molecular weight is 231 g/mol. The van der Waals surface area contributed by atoms with Gasteiger partial charge in [-0.25, -0.2) is 0 Å². The molecule has 0 amide bonds. The molecule has 0 radical (unpaired) electrons. The molecule has 2 fully saturated rings. The topological polar surface area (TPSA) is 28.2 Å². The first-order valence-electron chi connectivity index (χ1n) is 6.70. The lowest BCUT2D eigenvalue weighted by molar-refractivity contribution is 0.192. The molecule has 0 aromatic carbocycles. The van der Waals surface area contributed by atoms with Crippen LogP contribution in [0.15, 0.2) is 24.5 Å². The maximum absolute atomic E-state index is 4.14. The van der Waals surface area contributed by atoms with Crippen LogP contribution in [0.4, 0.5) is 0 Å². The lowest BCUT2D eigenvalue weighted by atomic mass is 9.89. The summed E-state index contributed by atoms with van der Waals surface area (Å²) in [5.74, 6) is 0.768. The van der Waals surface area contributed by atoms with E-state index >= 15 is 0 Å². The molecule has 1 saturated carbocycles. The molecule has 0 bridgehead atoms. The number of hydrogen-bond acceptors (Lipinski definition) is 3. The van der Waals surface area contributed by atoms with E-state index in [4.69, 9.17) is 0 Å². The Hall–Kier alpha value is -0.930. The monoisotopic (exact) mass is 231 g/mol. The van der Waals surface area contributed by atoms with Crippen LogP contribution in [0.1, 0.15) is 30.9 Å². The van der Waals surface area contributed by atoms with Gasteiger partial charge in [-0.2, -0.15) is 0 Å². The van der Waals surface area contributed by atoms with E-state index in [-0.39, 0.29) is 0 Å². The van der Waals surface area contributed by atoms with Gasteiger partial charge in [0.25, 0.3) is 0 Å². The highest BCUT2D eigenvalue weighted by atomic mass is 15.2.